The summed E-state index contributed by atoms with van der Waals surface area (Å²) in [5.74, 6) is -0.0855. The van der Waals surface area contributed by atoms with Crippen molar-refractivity contribution in [2.45, 2.75) is 19.1 Å². The van der Waals surface area contributed by atoms with Crippen LogP contribution < -0.4 is 16.0 Å². The second kappa shape index (κ2) is 9.29. The fourth-order valence-corrected chi connectivity index (χ4v) is 2.23. The molecule has 8 nitrogen and oxygen atoms in total. The van der Waals surface area contributed by atoms with Gasteiger partial charge in [0.25, 0.3) is 5.69 Å². The molecule has 0 bridgehead atoms. The van der Waals surface area contributed by atoms with Crippen molar-refractivity contribution in [1.29, 1.82) is 0 Å². The van der Waals surface area contributed by atoms with E-state index in [1.54, 1.807) is 12.1 Å². The molecule has 128 valence electrons. The predicted octanol–water partition coefficient (Wildman–Crippen LogP) is 0.922. The molecule has 0 saturated carbocycles. The van der Waals surface area contributed by atoms with E-state index >= 15 is 0 Å². The summed E-state index contributed by atoms with van der Waals surface area (Å²) in [5, 5.41) is 19.6. The first kappa shape index (κ1) is 19.1. The van der Waals surface area contributed by atoms with Crippen LogP contribution in [0.5, 0.6) is 0 Å². The molecule has 0 spiro atoms. The number of hydrogen-bond donors (Lipinski definition) is 3. The first-order valence-corrected chi connectivity index (χ1v) is 7.19. The fourth-order valence-electron chi connectivity index (χ4n) is 2.23. The predicted molar refractivity (Wildman–Crippen MR) is 89.0 cm³/mol. The lowest BCUT2D eigenvalue weighted by atomic mass is 10.1. The van der Waals surface area contributed by atoms with Gasteiger partial charge in [-0.2, -0.15) is 0 Å². The third kappa shape index (κ3) is 5.66. The highest BCUT2D eigenvalue weighted by molar-refractivity contribution is 5.85. The molecule has 1 fully saturated rings. The van der Waals surface area contributed by atoms with Crippen molar-refractivity contribution in [3.05, 3.63) is 34.4 Å². The Kier molecular flexibility index (Phi) is 7.73. The highest BCUT2D eigenvalue weighted by atomic mass is 35.5. The van der Waals surface area contributed by atoms with Crippen molar-refractivity contribution in [2.24, 2.45) is 0 Å². The molecule has 1 amide bonds. The Morgan fingerprint density at radius 1 is 1.39 bits per heavy atom. The molecular formula is C14H21ClN4O4. The smallest absolute Gasteiger partial charge is 0.269 e. The molecule has 9 heteroatoms. The van der Waals surface area contributed by atoms with Gasteiger partial charge in [-0.1, -0.05) is 0 Å². The van der Waals surface area contributed by atoms with Crippen molar-refractivity contribution >= 4 is 29.7 Å². The number of nitro groups is 1. The Balaban J connectivity index is 0.00000264. The van der Waals surface area contributed by atoms with Gasteiger partial charge in [0.1, 0.15) is 6.04 Å². The summed E-state index contributed by atoms with van der Waals surface area (Å²) in [5.41, 5.74) is 0.823. The van der Waals surface area contributed by atoms with Crippen molar-refractivity contribution < 1.29 is 14.5 Å². The van der Waals surface area contributed by atoms with E-state index < -0.39 is 4.92 Å². The van der Waals surface area contributed by atoms with Gasteiger partial charge in [0.05, 0.1) is 17.6 Å². The van der Waals surface area contributed by atoms with Crippen LogP contribution in [-0.4, -0.2) is 49.2 Å². The molecule has 1 aromatic rings. The van der Waals surface area contributed by atoms with Gasteiger partial charge in [-0.05, 0) is 19.1 Å². The molecule has 0 unspecified atom stereocenters. The molecule has 1 aliphatic heterocycles. The molecule has 1 aliphatic rings. The van der Waals surface area contributed by atoms with Crippen LogP contribution in [0.4, 0.5) is 11.4 Å². The van der Waals surface area contributed by atoms with E-state index in [2.05, 4.69) is 16.0 Å². The van der Waals surface area contributed by atoms with Crippen LogP contribution in [0.1, 0.15) is 6.92 Å². The molecule has 1 saturated heterocycles. The summed E-state index contributed by atoms with van der Waals surface area (Å²) in [6, 6.07) is 5.82. The Hall–Kier alpha value is -1.90. The van der Waals surface area contributed by atoms with E-state index in [0.29, 0.717) is 26.2 Å². The normalized spacial score (nSPS) is 20.2. The van der Waals surface area contributed by atoms with Gasteiger partial charge < -0.3 is 20.7 Å². The van der Waals surface area contributed by atoms with E-state index in [4.69, 9.17) is 4.74 Å². The highest BCUT2D eigenvalue weighted by Crippen LogP contribution is 2.14. The van der Waals surface area contributed by atoms with Crippen LogP contribution in [0.3, 0.4) is 0 Å². The Morgan fingerprint density at radius 3 is 2.70 bits per heavy atom. The molecule has 1 aromatic carbocycles. The summed E-state index contributed by atoms with van der Waals surface area (Å²) < 4.78 is 5.42. The zero-order valence-electron chi connectivity index (χ0n) is 12.8. The van der Waals surface area contributed by atoms with E-state index in [9.17, 15) is 14.9 Å². The summed E-state index contributed by atoms with van der Waals surface area (Å²) in [6.45, 7) is 4.15. The molecule has 2 atom stereocenters. The number of nitrogens with zero attached hydrogens (tertiary/aromatic N) is 1. The number of nitro benzene ring substituents is 1. The second-order valence-electron chi connectivity index (χ2n) is 5.03. The maximum absolute atomic E-state index is 12.0. The molecule has 0 aliphatic carbocycles. The fraction of sp³-hybridized carbons (Fsp3) is 0.500. The quantitative estimate of drug-likeness (QED) is 0.402. The lowest BCUT2D eigenvalue weighted by molar-refractivity contribution is -0.384. The van der Waals surface area contributed by atoms with Crippen LogP contribution in [0.25, 0.3) is 0 Å². The first-order valence-electron chi connectivity index (χ1n) is 7.19. The van der Waals surface area contributed by atoms with Gasteiger partial charge in [-0.3, -0.25) is 14.9 Å². The number of amides is 1. The maximum Gasteiger partial charge on any atom is 0.269 e. The second-order valence-corrected chi connectivity index (χ2v) is 5.03. The summed E-state index contributed by atoms with van der Waals surface area (Å²) in [4.78, 5) is 22.1. The zero-order chi connectivity index (χ0) is 15.9. The average Bonchev–Trinajstić information content (AvgIpc) is 2.52. The number of carbonyl (C=O) groups is 1. The minimum atomic E-state index is -0.440. The minimum absolute atomic E-state index is 0. The van der Waals surface area contributed by atoms with Crippen LogP contribution in [0.15, 0.2) is 24.3 Å². The van der Waals surface area contributed by atoms with Crippen molar-refractivity contribution in [2.75, 3.05) is 31.6 Å². The standard InChI is InChI=1S/C14H20N4O4.ClH/c1-10-13(16-8-9-22-10)14(19)17-7-6-15-11-2-4-12(5-3-11)18(20)21;/h2-5,10,13,15-16H,6-9H2,1H3,(H,17,19);1H/t10-,13+;/m1./s1. The van der Waals surface area contributed by atoms with Crippen LogP contribution >= 0.6 is 12.4 Å². The van der Waals surface area contributed by atoms with Crippen LogP contribution in [0, 0.1) is 10.1 Å². The third-order valence-corrected chi connectivity index (χ3v) is 3.43. The van der Waals surface area contributed by atoms with Gasteiger partial charge in [0.15, 0.2) is 0 Å². The summed E-state index contributed by atoms with van der Waals surface area (Å²) >= 11 is 0. The SMILES string of the molecule is C[C@H]1OCCN[C@@H]1C(=O)NCCNc1ccc([N+](=O)[O-])cc1.Cl. The molecule has 1 heterocycles. The van der Waals surface area contributed by atoms with Crippen molar-refractivity contribution in [3.63, 3.8) is 0 Å². The minimum Gasteiger partial charge on any atom is -0.383 e. The number of hydrogen-bond acceptors (Lipinski definition) is 6. The number of rotatable bonds is 6. The molecule has 0 aromatic heterocycles. The topological polar surface area (TPSA) is 106 Å². The summed E-state index contributed by atoms with van der Waals surface area (Å²) in [6.07, 6.45) is -0.142. The van der Waals surface area contributed by atoms with Crippen molar-refractivity contribution in [3.8, 4) is 0 Å². The molecule has 23 heavy (non-hydrogen) atoms. The van der Waals surface area contributed by atoms with Gasteiger partial charge >= 0.3 is 0 Å². The Morgan fingerprint density at radius 2 is 2.09 bits per heavy atom. The van der Waals surface area contributed by atoms with Crippen LogP contribution in [0.2, 0.25) is 0 Å². The molecule has 2 rings (SSSR count). The molecule has 0 radical (unpaired) electrons. The Bertz CT molecular complexity index is 526. The molecule has 3 N–H and O–H groups in total. The third-order valence-electron chi connectivity index (χ3n) is 3.43. The van der Waals surface area contributed by atoms with Gasteiger partial charge in [-0.15, -0.1) is 12.4 Å². The van der Waals surface area contributed by atoms with Crippen molar-refractivity contribution in [1.82, 2.24) is 10.6 Å². The number of carbonyl (C=O) groups excluding carboxylic acids is 1. The van der Waals surface area contributed by atoms with Crippen LogP contribution in [-0.2, 0) is 9.53 Å². The summed E-state index contributed by atoms with van der Waals surface area (Å²) in [7, 11) is 0. The van der Waals surface area contributed by atoms with E-state index in [1.165, 1.54) is 12.1 Å². The van der Waals surface area contributed by atoms with E-state index in [1.807, 2.05) is 6.92 Å². The number of halogens is 1. The largest absolute Gasteiger partial charge is 0.383 e. The van der Waals surface area contributed by atoms with Gasteiger partial charge in [0, 0.05) is 37.5 Å². The number of morpholine rings is 1. The average molecular weight is 345 g/mol. The van der Waals surface area contributed by atoms with Gasteiger partial charge in [0.2, 0.25) is 5.91 Å². The lowest BCUT2D eigenvalue weighted by Crippen LogP contribution is -2.55. The number of non-ortho nitro benzene ring substituents is 1. The highest BCUT2D eigenvalue weighted by Gasteiger charge is 2.27. The zero-order valence-corrected chi connectivity index (χ0v) is 13.6. The Labute approximate surface area is 140 Å². The number of benzene rings is 1. The maximum atomic E-state index is 12.0. The first-order chi connectivity index (χ1) is 10.6. The number of anilines is 1. The van der Waals surface area contributed by atoms with E-state index in [0.717, 1.165) is 5.69 Å². The van der Waals surface area contributed by atoms with Gasteiger partial charge in [-0.25, -0.2) is 0 Å². The molecular weight excluding hydrogens is 324 g/mol. The monoisotopic (exact) mass is 344 g/mol. The number of ether oxygens (including phenoxy) is 1. The van der Waals surface area contributed by atoms with E-state index in [-0.39, 0.29) is 36.1 Å². The lowest BCUT2D eigenvalue weighted by Gasteiger charge is -2.29. The number of nitrogens with one attached hydrogen (secondary N) is 3.